The molecule has 0 saturated heterocycles. The summed E-state index contributed by atoms with van der Waals surface area (Å²) >= 11 is 0. The van der Waals surface area contributed by atoms with Crippen LogP contribution in [0.5, 0.6) is 0 Å². The topological polar surface area (TPSA) is 12.0 Å². The van der Waals surface area contributed by atoms with Crippen LogP contribution in [-0.2, 0) is 0 Å². The molecule has 0 bridgehead atoms. The van der Waals surface area contributed by atoms with Crippen LogP contribution in [-0.4, -0.2) is 12.6 Å². The SMILES string of the molecule is CC(C)=CCN[C@H](C)C1CCCCCC1. The first-order valence-corrected chi connectivity index (χ1v) is 6.57. The maximum Gasteiger partial charge on any atom is 0.0139 e. The van der Waals surface area contributed by atoms with E-state index in [9.17, 15) is 0 Å². The molecule has 1 aliphatic carbocycles. The minimum absolute atomic E-state index is 0.693. The van der Waals surface area contributed by atoms with Crippen molar-refractivity contribution >= 4 is 0 Å². The van der Waals surface area contributed by atoms with Gasteiger partial charge >= 0.3 is 0 Å². The van der Waals surface area contributed by atoms with Gasteiger partial charge in [-0.3, -0.25) is 0 Å². The van der Waals surface area contributed by atoms with Crippen molar-refractivity contribution in [3.8, 4) is 0 Å². The first-order valence-electron chi connectivity index (χ1n) is 6.57. The lowest BCUT2D eigenvalue weighted by molar-refractivity contribution is 0.347. The number of hydrogen-bond donors (Lipinski definition) is 1. The normalized spacial score (nSPS) is 20.7. The van der Waals surface area contributed by atoms with Crippen molar-refractivity contribution in [1.29, 1.82) is 0 Å². The Morgan fingerprint density at radius 3 is 2.33 bits per heavy atom. The van der Waals surface area contributed by atoms with Crippen LogP contribution in [0.15, 0.2) is 11.6 Å². The second-order valence-corrected chi connectivity index (χ2v) is 5.23. The molecule has 0 aromatic heterocycles. The van der Waals surface area contributed by atoms with Crippen LogP contribution in [0.25, 0.3) is 0 Å². The van der Waals surface area contributed by atoms with Crippen molar-refractivity contribution in [2.75, 3.05) is 6.54 Å². The molecule has 0 unspecified atom stereocenters. The highest BCUT2D eigenvalue weighted by molar-refractivity contribution is 4.95. The van der Waals surface area contributed by atoms with Gasteiger partial charge in [-0.05, 0) is 39.5 Å². The molecule has 1 nitrogen and oxygen atoms in total. The first kappa shape index (κ1) is 12.8. The Bertz CT molecular complexity index is 184. The Labute approximate surface area is 95.3 Å². The van der Waals surface area contributed by atoms with Crippen LogP contribution in [0.4, 0.5) is 0 Å². The molecule has 0 spiro atoms. The second kappa shape index (κ2) is 7.05. The van der Waals surface area contributed by atoms with Gasteiger partial charge in [-0.25, -0.2) is 0 Å². The summed E-state index contributed by atoms with van der Waals surface area (Å²) in [4.78, 5) is 0. The average molecular weight is 209 g/mol. The summed E-state index contributed by atoms with van der Waals surface area (Å²) in [6, 6.07) is 0.693. The number of allylic oxidation sites excluding steroid dienone is 1. The van der Waals surface area contributed by atoms with Crippen LogP contribution in [0.1, 0.15) is 59.3 Å². The Hall–Kier alpha value is -0.300. The second-order valence-electron chi connectivity index (χ2n) is 5.23. The van der Waals surface area contributed by atoms with E-state index in [1.165, 1.54) is 44.1 Å². The molecule has 0 aliphatic heterocycles. The number of hydrogen-bond acceptors (Lipinski definition) is 1. The van der Waals surface area contributed by atoms with Crippen molar-refractivity contribution in [3.05, 3.63) is 11.6 Å². The summed E-state index contributed by atoms with van der Waals surface area (Å²) in [5.74, 6) is 0.915. The quantitative estimate of drug-likeness (QED) is 0.547. The molecular weight excluding hydrogens is 182 g/mol. The first-order chi connectivity index (χ1) is 7.20. The summed E-state index contributed by atoms with van der Waals surface area (Å²) in [7, 11) is 0. The molecule has 0 amide bonds. The Morgan fingerprint density at radius 1 is 1.20 bits per heavy atom. The van der Waals surface area contributed by atoms with E-state index in [1.807, 2.05) is 0 Å². The minimum atomic E-state index is 0.693. The van der Waals surface area contributed by atoms with E-state index in [0.717, 1.165) is 12.5 Å². The molecule has 88 valence electrons. The lowest BCUT2D eigenvalue weighted by Crippen LogP contribution is -2.33. The van der Waals surface area contributed by atoms with E-state index in [1.54, 1.807) is 0 Å². The standard InChI is InChI=1S/C14H27N/c1-12(2)10-11-15-13(3)14-8-6-4-5-7-9-14/h10,13-15H,4-9,11H2,1-3H3/t13-/m1/s1. The van der Waals surface area contributed by atoms with Gasteiger partial charge in [0.15, 0.2) is 0 Å². The summed E-state index contributed by atoms with van der Waals surface area (Å²) in [6.07, 6.45) is 11.0. The third kappa shape index (κ3) is 5.36. The fraction of sp³-hybridized carbons (Fsp3) is 0.857. The highest BCUT2D eigenvalue weighted by Gasteiger charge is 2.17. The summed E-state index contributed by atoms with van der Waals surface area (Å²) < 4.78 is 0. The van der Waals surface area contributed by atoms with Crippen LogP contribution in [0.3, 0.4) is 0 Å². The molecule has 0 aromatic rings. The minimum Gasteiger partial charge on any atom is -0.311 e. The molecule has 0 radical (unpaired) electrons. The van der Waals surface area contributed by atoms with E-state index in [4.69, 9.17) is 0 Å². The molecule has 0 heterocycles. The molecule has 15 heavy (non-hydrogen) atoms. The molecule has 1 fully saturated rings. The largest absolute Gasteiger partial charge is 0.311 e. The third-order valence-electron chi connectivity index (χ3n) is 3.56. The van der Waals surface area contributed by atoms with Crippen molar-refractivity contribution in [2.45, 2.75) is 65.3 Å². The molecule has 1 atom stereocenters. The Morgan fingerprint density at radius 2 is 1.80 bits per heavy atom. The van der Waals surface area contributed by atoms with Gasteiger partial charge < -0.3 is 5.32 Å². The zero-order valence-electron chi connectivity index (χ0n) is 10.7. The maximum absolute atomic E-state index is 3.64. The van der Waals surface area contributed by atoms with Gasteiger partial charge in [0.05, 0.1) is 0 Å². The fourth-order valence-electron chi connectivity index (χ4n) is 2.43. The van der Waals surface area contributed by atoms with Crippen molar-refractivity contribution < 1.29 is 0 Å². The highest BCUT2D eigenvalue weighted by atomic mass is 14.9. The molecule has 1 rings (SSSR count). The predicted octanol–water partition coefficient (Wildman–Crippen LogP) is 3.90. The van der Waals surface area contributed by atoms with Crippen LogP contribution < -0.4 is 5.32 Å². The molecule has 1 heteroatoms. The zero-order chi connectivity index (χ0) is 11.1. The molecule has 1 aliphatic rings. The molecule has 1 saturated carbocycles. The van der Waals surface area contributed by atoms with E-state index in [2.05, 4.69) is 32.2 Å². The van der Waals surface area contributed by atoms with Gasteiger partial charge in [0.1, 0.15) is 0 Å². The number of nitrogens with one attached hydrogen (secondary N) is 1. The average Bonchev–Trinajstić information content (AvgIpc) is 2.44. The maximum atomic E-state index is 3.64. The van der Waals surface area contributed by atoms with E-state index < -0.39 is 0 Å². The van der Waals surface area contributed by atoms with E-state index in [-0.39, 0.29) is 0 Å². The fourth-order valence-corrected chi connectivity index (χ4v) is 2.43. The van der Waals surface area contributed by atoms with Crippen molar-refractivity contribution in [1.82, 2.24) is 5.32 Å². The van der Waals surface area contributed by atoms with Gasteiger partial charge in [0, 0.05) is 12.6 Å². The van der Waals surface area contributed by atoms with Crippen LogP contribution in [0.2, 0.25) is 0 Å². The van der Waals surface area contributed by atoms with Crippen LogP contribution in [0, 0.1) is 5.92 Å². The van der Waals surface area contributed by atoms with Gasteiger partial charge in [-0.2, -0.15) is 0 Å². The van der Waals surface area contributed by atoms with Crippen molar-refractivity contribution in [2.24, 2.45) is 5.92 Å². The molecule has 0 aromatic carbocycles. The van der Waals surface area contributed by atoms with E-state index in [0.29, 0.717) is 6.04 Å². The smallest absolute Gasteiger partial charge is 0.0139 e. The zero-order valence-corrected chi connectivity index (χ0v) is 10.7. The third-order valence-corrected chi connectivity index (χ3v) is 3.56. The lowest BCUT2D eigenvalue weighted by atomic mass is 9.93. The van der Waals surface area contributed by atoms with Crippen molar-refractivity contribution in [3.63, 3.8) is 0 Å². The highest BCUT2D eigenvalue weighted by Crippen LogP contribution is 2.25. The molecule has 1 N–H and O–H groups in total. The van der Waals surface area contributed by atoms with Gasteiger partial charge in [-0.15, -0.1) is 0 Å². The molecular formula is C14H27N. The lowest BCUT2D eigenvalue weighted by Gasteiger charge is -2.23. The summed E-state index contributed by atoms with van der Waals surface area (Å²) in [5.41, 5.74) is 1.41. The predicted molar refractivity (Wildman–Crippen MR) is 68.1 cm³/mol. The Kier molecular flexibility index (Phi) is 6.00. The monoisotopic (exact) mass is 209 g/mol. The number of rotatable bonds is 4. The van der Waals surface area contributed by atoms with Gasteiger partial charge in [-0.1, -0.05) is 37.3 Å². The Balaban J connectivity index is 2.25. The van der Waals surface area contributed by atoms with Crippen LogP contribution >= 0.6 is 0 Å². The van der Waals surface area contributed by atoms with Gasteiger partial charge in [0.25, 0.3) is 0 Å². The van der Waals surface area contributed by atoms with Gasteiger partial charge in [0.2, 0.25) is 0 Å². The summed E-state index contributed by atoms with van der Waals surface area (Å²) in [6.45, 7) is 7.73. The van der Waals surface area contributed by atoms with E-state index >= 15 is 0 Å². The summed E-state index contributed by atoms with van der Waals surface area (Å²) in [5, 5.41) is 3.64.